The lowest BCUT2D eigenvalue weighted by atomic mass is 9.79. The van der Waals surface area contributed by atoms with E-state index in [1.165, 1.54) is 22.1 Å². The minimum absolute atomic E-state index is 0.115. The molecule has 38 heavy (non-hydrogen) atoms. The molecular weight excluding hydrogens is 498 g/mol. The number of hydrogen-bond donors (Lipinski definition) is 2. The molecule has 0 saturated heterocycles. The molecule has 0 bridgehead atoms. The molecular formula is C29H32ClN7O. The number of para-hydroxylation sites is 1. The third-order valence-corrected chi connectivity index (χ3v) is 8.49. The molecule has 2 heterocycles. The second kappa shape index (κ2) is 9.06. The number of rotatable bonds is 5. The Bertz CT molecular complexity index is 1620. The maximum Gasteiger partial charge on any atom is 0.355 e. The van der Waals surface area contributed by atoms with Gasteiger partial charge in [0, 0.05) is 17.9 Å². The van der Waals surface area contributed by atoms with Gasteiger partial charge in [-0.2, -0.15) is 9.97 Å². The van der Waals surface area contributed by atoms with Crippen molar-refractivity contribution in [2.24, 2.45) is 0 Å². The van der Waals surface area contributed by atoms with E-state index in [1.807, 2.05) is 18.2 Å². The Morgan fingerprint density at radius 2 is 1.92 bits per heavy atom. The van der Waals surface area contributed by atoms with Gasteiger partial charge in [-0.1, -0.05) is 50.1 Å². The van der Waals surface area contributed by atoms with Gasteiger partial charge in [0.25, 0.3) is 0 Å². The van der Waals surface area contributed by atoms with Crippen molar-refractivity contribution in [3.8, 4) is 5.69 Å². The van der Waals surface area contributed by atoms with Gasteiger partial charge >= 0.3 is 5.69 Å². The number of hydrogen-bond acceptors (Lipinski definition) is 7. The van der Waals surface area contributed by atoms with E-state index in [0.717, 1.165) is 30.5 Å². The number of aromatic nitrogens is 4. The Labute approximate surface area is 226 Å². The smallest absolute Gasteiger partial charge is 0.355 e. The van der Waals surface area contributed by atoms with Gasteiger partial charge < -0.3 is 16.0 Å². The first kappa shape index (κ1) is 24.8. The van der Waals surface area contributed by atoms with Crippen molar-refractivity contribution in [1.82, 2.24) is 24.4 Å². The molecule has 1 atom stereocenters. The molecule has 3 N–H and O–H groups in total. The normalized spacial score (nSPS) is 18.5. The summed E-state index contributed by atoms with van der Waals surface area (Å²) >= 11 is 6.60. The van der Waals surface area contributed by atoms with Crippen LogP contribution in [-0.2, 0) is 5.41 Å². The van der Waals surface area contributed by atoms with Crippen LogP contribution in [0.15, 0.2) is 47.4 Å². The highest BCUT2D eigenvalue weighted by molar-refractivity contribution is 6.32. The highest BCUT2D eigenvalue weighted by Gasteiger charge is 2.37. The topological polar surface area (TPSA) is 102 Å². The SMILES string of the molecule is CN(C)C1CC(C)(C)c2ccc(Nc3ncc4c(N)n(-c5c(Cl)cccc5C5CCC5)c(=O)nc4n3)cc21. The lowest BCUT2D eigenvalue weighted by Gasteiger charge is -2.29. The fraction of sp³-hybridized carbons (Fsp3) is 0.379. The molecule has 2 aliphatic carbocycles. The predicted octanol–water partition coefficient (Wildman–Crippen LogP) is 5.71. The van der Waals surface area contributed by atoms with E-state index >= 15 is 0 Å². The summed E-state index contributed by atoms with van der Waals surface area (Å²) in [4.78, 5) is 28.9. The van der Waals surface area contributed by atoms with Crippen LogP contribution in [0.2, 0.25) is 5.02 Å². The second-order valence-corrected chi connectivity index (χ2v) is 11.8. The average Bonchev–Trinajstić information content (AvgIpc) is 3.10. The minimum Gasteiger partial charge on any atom is -0.384 e. The maximum absolute atomic E-state index is 13.3. The number of halogens is 1. The number of benzene rings is 2. The third kappa shape index (κ3) is 4.03. The molecule has 1 saturated carbocycles. The zero-order valence-corrected chi connectivity index (χ0v) is 22.9. The van der Waals surface area contributed by atoms with Gasteiger partial charge in [-0.3, -0.25) is 0 Å². The quantitative estimate of drug-likeness (QED) is 0.341. The summed E-state index contributed by atoms with van der Waals surface area (Å²) in [5.41, 5.74) is 11.6. The van der Waals surface area contributed by atoms with Crippen molar-refractivity contribution in [3.05, 3.63) is 74.8 Å². The summed E-state index contributed by atoms with van der Waals surface area (Å²) in [5, 5.41) is 4.26. The Morgan fingerprint density at radius 3 is 2.63 bits per heavy atom. The number of nitrogens with two attached hydrogens (primary N) is 1. The first-order chi connectivity index (χ1) is 18.1. The van der Waals surface area contributed by atoms with Crippen molar-refractivity contribution < 1.29 is 0 Å². The molecule has 0 aliphatic heterocycles. The highest BCUT2D eigenvalue weighted by atomic mass is 35.5. The van der Waals surface area contributed by atoms with E-state index in [9.17, 15) is 4.79 Å². The Morgan fingerprint density at radius 1 is 1.13 bits per heavy atom. The standard InChI is InChI=1S/C29H32ClN7O/c1-29(2)14-23(36(3)4)19-13-17(11-12-21(19)29)33-27-32-15-20-25(31)37(28(38)35-26(20)34-27)24-18(16-7-5-8-16)9-6-10-22(24)30/h6,9-13,15-16,23H,5,7-8,14,31H2,1-4H3,(H,33,34,35,38). The van der Waals surface area contributed by atoms with Crippen LogP contribution in [0, 0.1) is 0 Å². The molecule has 1 unspecified atom stereocenters. The maximum atomic E-state index is 13.3. The van der Waals surface area contributed by atoms with Crippen LogP contribution >= 0.6 is 11.6 Å². The molecule has 2 aromatic carbocycles. The van der Waals surface area contributed by atoms with Crippen LogP contribution in [0.1, 0.15) is 68.2 Å². The molecule has 0 radical (unpaired) electrons. The fourth-order valence-corrected chi connectivity index (χ4v) is 6.19. The molecule has 1 fully saturated rings. The van der Waals surface area contributed by atoms with E-state index in [0.29, 0.717) is 34.0 Å². The van der Waals surface area contributed by atoms with Crippen molar-refractivity contribution >= 4 is 40.1 Å². The zero-order valence-electron chi connectivity index (χ0n) is 22.1. The molecule has 8 nitrogen and oxygen atoms in total. The summed E-state index contributed by atoms with van der Waals surface area (Å²) < 4.78 is 1.40. The molecule has 196 valence electrons. The van der Waals surface area contributed by atoms with Gasteiger partial charge in [0.1, 0.15) is 5.82 Å². The lowest BCUT2D eigenvalue weighted by molar-refractivity contribution is 0.269. The third-order valence-electron chi connectivity index (χ3n) is 8.19. The summed E-state index contributed by atoms with van der Waals surface area (Å²) in [6, 6.07) is 12.4. The number of nitrogen functional groups attached to an aromatic ring is 1. The van der Waals surface area contributed by atoms with E-state index in [1.54, 1.807) is 12.3 Å². The predicted molar refractivity (Wildman–Crippen MR) is 153 cm³/mol. The van der Waals surface area contributed by atoms with Gasteiger partial charge in [-0.25, -0.2) is 14.3 Å². The molecule has 2 aliphatic rings. The molecule has 9 heteroatoms. The van der Waals surface area contributed by atoms with Gasteiger partial charge in [0.15, 0.2) is 5.65 Å². The van der Waals surface area contributed by atoms with Gasteiger partial charge in [-0.15, -0.1) is 0 Å². The van der Waals surface area contributed by atoms with Crippen LogP contribution in [-0.4, -0.2) is 38.5 Å². The Balaban J connectivity index is 1.38. The van der Waals surface area contributed by atoms with Gasteiger partial charge in [0.05, 0.1) is 16.1 Å². The van der Waals surface area contributed by atoms with Crippen LogP contribution in [0.3, 0.4) is 0 Å². The number of nitrogens with one attached hydrogen (secondary N) is 1. The number of nitrogens with zero attached hydrogens (tertiary/aromatic N) is 5. The zero-order chi connectivity index (χ0) is 26.8. The number of fused-ring (bicyclic) bond motifs is 2. The van der Waals surface area contributed by atoms with E-state index < -0.39 is 5.69 Å². The minimum atomic E-state index is -0.512. The average molecular weight is 530 g/mol. The Hall–Kier alpha value is -3.49. The first-order valence-corrected chi connectivity index (χ1v) is 13.4. The summed E-state index contributed by atoms with van der Waals surface area (Å²) in [6.45, 7) is 4.57. The molecule has 6 rings (SSSR count). The van der Waals surface area contributed by atoms with Crippen LogP contribution in [0.5, 0.6) is 0 Å². The van der Waals surface area contributed by atoms with E-state index in [-0.39, 0.29) is 16.9 Å². The van der Waals surface area contributed by atoms with Crippen LogP contribution in [0.4, 0.5) is 17.5 Å². The van der Waals surface area contributed by atoms with Gasteiger partial charge in [-0.05, 0) is 79.6 Å². The van der Waals surface area contributed by atoms with Crippen molar-refractivity contribution in [2.75, 3.05) is 25.1 Å². The number of anilines is 3. The first-order valence-electron chi connectivity index (χ1n) is 13.1. The Kier molecular flexibility index (Phi) is 5.92. The van der Waals surface area contributed by atoms with Crippen molar-refractivity contribution in [1.29, 1.82) is 0 Å². The van der Waals surface area contributed by atoms with E-state index in [4.69, 9.17) is 17.3 Å². The lowest BCUT2D eigenvalue weighted by Crippen LogP contribution is -2.27. The summed E-state index contributed by atoms with van der Waals surface area (Å²) in [7, 11) is 4.23. The fourth-order valence-electron chi connectivity index (χ4n) is 5.92. The van der Waals surface area contributed by atoms with Crippen LogP contribution in [0.25, 0.3) is 16.7 Å². The highest BCUT2D eigenvalue weighted by Crippen LogP contribution is 2.47. The monoisotopic (exact) mass is 529 g/mol. The summed E-state index contributed by atoms with van der Waals surface area (Å²) in [5.74, 6) is 0.945. The molecule has 2 aromatic heterocycles. The van der Waals surface area contributed by atoms with Gasteiger partial charge in [0.2, 0.25) is 5.95 Å². The van der Waals surface area contributed by atoms with E-state index in [2.05, 4.69) is 65.2 Å². The molecule has 0 spiro atoms. The largest absolute Gasteiger partial charge is 0.384 e. The second-order valence-electron chi connectivity index (χ2n) is 11.3. The van der Waals surface area contributed by atoms with Crippen molar-refractivity contribution in [3.63, 3.8) is 0 Å². The molecule has 4 aromatic rings. The molecule has 0 amide bonds. The summed E-state index contributed by atoms with van der Waals surface area (Å²) in [6.07, 6.45) is 5.97. The van der Waals surface area contributed by atoms with Crippen molar-refractivity contribution in [2.45, 2.75) is 56.9 Å². The van der Waals surface area contributed by atoms with Crippen LogP contribution < -0.4 is 16.7 Å².